The number of hydrogen-bond donors (Lipinski definition) is 1. The Balaban J connectivity index is 1.61. The van der Waals surface area contributed by atoms with E-state index in [1.165, 1.54) is 0 Å². The fourth-order valence-electron chi connectivity index (χ4n) is 2.76. The van der Waals surface area contributed by atoms with Gasteiger partial charge in [0.1, 0.15) is 18.2 Å². The maximum atomic E-state index is 5.90. The molecule has 0 saturated carbocycles. The second-order valence-corrected chi connectivity index (χ2v) is 6.10. The number of benzene rings is 1. The van der Waals surface area contributed by atoms with Crippen LogP contribution in [0.2, 0.25) is 0 Å². The molecule has 0 aliphatic heterocycles. The zero-order chi connectivity index (χ0) is 17.8. The smallest absolute Gasteiger partial charge is 0.174 e. The van der Waals surface area contributed by atoms with Crippen LogP contribution < -0.4 is 10.1 Å². The summed E-state index contributed by atoms with van der Waals surface area (Å²) < 4.78 is 7.69. The van der Waals surface area contributed by atoms with Crippen molar-refractivity contribution < 1.29 is 4.74 Å². The summed E-state index contributed by atoms with van der Waals surface area (Å²) in [6, 6.07) is 8.16. The molecule has 3 aromatic rings. The minimum atomic E-state index is 0.553. The van der Waals surface area contributed by atoms with Gasteiger partial charge in [-0.05, 0) is 44.9 Å². The summed E-state index contributed by atoms with van der Waals surface area (Å²) in [6.45, 7) is 9.27. The Morgan fingerprint density at radius 1 is 1.08 bits per heavy atom. The quantitative estimate of drug-likeness (QED) is 0.699. The average Bonchev–Trinajstić information content (AvgIpc) is 2.92. The van der Waals surface area contributed by atoms with Crippen LogP contribution in [-0.4, -0.2) is 32.9 Å². The van der Waals surface area contributed by atoms with Gasteiger partial charge in [-0.15, -0.1) is 0 Å². The Hall–Kier alpha value is -2.89. The highest BCUT2D eigenvalue weighted by atomic mass is 16.5. The van der Waals surface area contributed by atoms with E-state index in [0.29, 0.717) is 24.8 Å². The van der Waals surface area contributed by atoms with Crippen LogP contribution in [0.1, 0.15) is 22.5 Å². The van der Waals surface area contributed by atoms with Gasteiger partial charge in [0.25, 0.3) is 0 Å². The maximum Gasteiger partial charge on any atom is 0.174 e. The molecule has 2 aromatic heterocycles. The number of rotatable bonds is 6. The fourth-order valence-corrected chi connectivity index (χ4v) is 2.76. The van der Waals surface area contributed by atoms with Crippen molar-refractivity contribution >= 4 is 5.82 Å². The summed E-state index contributed by atoms with van der Waals surface area (Å²) in [7, 11) is 0. The fraction of sp³-hybridized carbons (Fsp3) is 0.316. The standard InChI is InChI=1S/C19H23N5O/c1-13-6-5-7-14(2)19(13)25-9-8-21-17-11-20-12-18(22-17)24-16(4)10-15(3)23-24/h5-7,10-12H,8-9H2,1-4H3,(H,21,22). The largest absolute Gasteiger partial charge is 0.491 e. The molecule has 0 atom stereocenters. The number of aryl methyl sites for hydroxylation is 4. The van der Waals surface area contributed by atoms with Crippen molar-refractivity contribution in [3.8, 4) is 11.6 Å². The third kappa shape index (κ3) is 3.96. The number of nitrogens with one attached hydrogen (secondary N) is 1. The number of anilines is 1. The number of para-hydroxylation sites is 1. The Labute approximate surface area is 147 Å². The van der Waals surface area contributed by atoms with Crippen LogP contribution in [0.25, 0.3) is 5.82 Å². The predicted octanol–water partition coefficient (Wildman–Crippen LogP) is 3.39. The molecule has 25 heavy (non-hydrogen) atoms. The predicted molar refractivity (Wildman–Crippen MR) is 98.5 cm³/mol. The van der Waals surface area contributed by atoms with Crippen LogP contribution in [0, 0.1) is 27.7 Å². The molecule has 130 valence electrons. The van der Waals surface area contributed by atoms with Crippen molar-refractivity contribution in [2.45, 2.75) is 27.7 Å². The van der Waals surface area contributed by atoms with Crippen molar-refractivity contribution in [1.82, 2.24) is 19.7 Å². The van der Waals surface area contributed by atoms with Gasteiger partial charge in [-0.3, -0.25) is 4.98 Å². The molecule has 0 radical (unpaired) electrons. The van der Waals surface area contributed by atoms with Gasteiger partial charge in [0.15, 0.2) is 5.82 Å². The molecule has 0 aliphatic carbocycles. The van der Waals surface area contributed by atoms with Gasteiger partial charge in [-0.1, -0.05) is 18.2 Å². The molecule has 0 fully saturated rings. The molecule has 1 N–H and O–H groups in total. The molecular formula is C19H23N5O. The van der Waals surface area contributed by atoms with Gasteiger partial charge >= 0.3 is 0 Å². The summed E-state index contributed by atoms with van der Waals surface area (Å²) in [5, 5.41) is 7.69. The Bertz CT molecular complexity index is 852. The molecule has 0 spiro atoms. The topological polar surface area (TPSA) is 64.9 Å². The van der Waals surface area contributed by atoms with Crippen LogP contribution in [0.3, 0.4) is 0 Å². The zero-order valence-electron chi connectivity index (χ0n) is 15.1. The van der Waals surface area contributed by atoms with Crippen LogP contribution in [0.5, 0.6) is 5.75 Å². The van der Waals surface area contributed by atoms with Gasteiger partial charge in [-0.2, -0.15) is 5.10 Å². The van der Waals surface area contributed by atoms with E-state index in [1.54, 1.807) is 17.1 Å². The lowest BCUT2D eigenvalue weighted by Crippen LogP contribution is -2.14. The van der Waals surface area contributed by atoms with E-state index in [2.05, 4.69) is 46.4 Å². The molecule has 6 heteroatoms. The van der Waals surface area contributed by atoms with Gasteiger partial charge in [0.2, 0.25) is 0 Å². The summed E-state index contributed by atoms with van der Waals surface area (Å²) in [4.78, 5) is 8.82. The Morgan fingerprint density at radius 2 is 1.84 bits per heavy atom. The SMILES string of the molecule is Cc1cc(C)n(-c2cncc(NCCOc3c(C)cccc3C)n2)n1. The van der Waals surface area contributed by atoms with E-state index in [1.807, 2.05) is 26.0 Å². The van der Waals surface area contributed by atoms with Crippen molar-refractivity contribution in [1.29, 1.82) is 0 Å². The molecule has 3 rings (SSSR count). The normalized spacial score (nSPS) is 10.7. The lowest BCUT2D eigenvalue weighted by atomic mass is 10.1. The van der Waals surface area contributed by atoms with Gasteiger partial charge in [-0.25, -0.2) is 9.67 Å². The third-order valence-corrected chi connectivity index (χ3v) is 3.91. The first-order chi connectivity index (χ1) is 12.0. The summed E-state index contributed by atoms with van der Waals surface area (Å²) >= 11 is 0. The average molecular weight is 337 g/mol. The molecule has 2 heterocycles. The zero-order valence-corrected chi connectivity index (χ0v) is 15.1. The van der Waals surface area contributed by atoms with E-state index in [-0.39, 0.29) is 0 Å². The van der Waals surface area contributed by atoms with E-state index >= 15 is 0 Å². The van der Waals surface area contributed by atoms with Crippen molar-refractivity contribution in [3.05, 3.63) is 59.2 Å². The minimum absolute atomic E-state index is 0.553. The van der Waals surface area contributed by atoms with Crippen molar-refractivity contribution in [2.75, 3.05) is 18.5 Å². The van der Waals surface area contributed by atoms with Gasteiger partial charge < -0.3 is 10.1 Å². The Kier molecular flexibility index (Phi) is 4.97. The number of hydrogen-bond acceptors (Lipinski definition) is 5. The molecule has 1 aromatic carbocycles. The lowest BCUT2D eigenvalue weighted by Gasteiger charge is -2.12. The van der Waals surface area contributed by atoms with Crippen LogP contribution >= 0.6 is 0 Å². The number of nitrogens with zero attached hydrogens (tertiary/aromatic N) is 4. The molecule has 0 aliphatic rings. The van der Waals surface area contributed by atoms with E-state index in [0.717, 1.165) is 28.3 Å². The first-order valence-electron chi connectivity index (χ1n) is 8.33. The lowest BCUT2D eigenvalue weighted by molar-refractivity contribution is 0.328. The molecule has 6 nitrogen and oxygen atoms in total. The van der Waals surface area contributed by atoms with Crippen LogP contribution in [0.4, 0.5) is 5.82 Å². The molecule has 0 unspecified atom stereocenters. The highest BCUT2D eigenvalue weighted by Crippen LogP contribution is 2.22. The highest BCUT2D eigenvalue weighted by molar-refractivity contribution is 5.40. The summed E-state index contributed by atoms with van der Waals surface area (Å²) in [5.74, 6) is 2.35. The number of ether oxygens (including phenoxy) is 1. The molecule has 0 saturated heterocycles. The van der Waals surface area contributed by atoms with E-state index in [9.17, 15) is 0 Å². The Morgan fingerprint density at radius 3 is 2.52 bits per heavy atom. The van der Waals surface area contributed by atoms with Crippen LogP contribution in [0.15, 0.2) is 36.7 Å². The monoisotopic (exact) mass is 337 g/mol. The third-order valence-electron chi connectivity index (χ3n) is 3.91. The minimum Gasteiger partial charge on any atom is -0.491 e. The maximum absolute atomic E-state index is 5.90. The second-order valence-electron chi connectivity index (χ2n) is 6.10. The summed E-state index contributed by atoms with van der Waals surface area (Å²) in [6.07, 6.45) is 3.41. The first-order valence-corrected chi connectivity index (χ1v) is 8.33. The second kappa shape index (κ2) is 7.34. The molecule has 0 amide bonds. The number of aromatic nitrogens is 4. The summed E-state index contributed by atoms with van der Waals surface area (Å²) in [5.41, 5.74) is 4.28. The van der Waals surface area contributed by atoms with Crippen molar-refractivity contribution in [2.24, 2.45) is 0 Å². The molecule has 0 bridgehead atoms. The van der Waals surface area contributed by atoms with E-state index in [4.69, 9.17) is 4.74 Å². The van der Waals surface area contributed by atoms with Gasteiger partial charge in [0, 0.05) is 5.69 Å². The van der Waals surface area contributed by atoms with E-state index < -0.39 is 0 Å². The van der Waals surface area contributed by atoms with Crippen molar-refractivity contribution in [3.63, 3.8) is 0 Å². The molecular weight excluding hydrogens is 314 g/mol. The first kappa shape index (κ1) is 17.0. The van der Waals surface area contributed by atoms with Crippen LogP contribution in [-0.2, 0) is 0 Å². The highest BCUT2D eigenvalue weighted by Gasteiger charge is 2.07. The van der Waals surface area contributed by atoms with Gasteiger partial charge in [0.05, 0.1) is 24.6 Å².